The number of nitrogens with two attached hydrogens (primary N) is 1. The SMILES string of the molecule is CC1CCCC(COc2cc(F)c(Cl)cc2N)C1. The molecule has 1 aromatic rings. The third-order valence-corrected chi connectivity index (χ3v) is 3.86. The van der Waals surface area contributed by atoms with Gasteiger partial charge in [-0.3, -0.25) is 0 Å². The number of hydrogen-bond donors (Lipinski definition) is 1. The van der Waals surface area contributed by atoms with Crippen LogP contribution in [0.25, 0.3) is 0 Å². The minimum absolute atomic E-state index is 0.0335. The van der Waals surface area contributed by atoms with Crippen molar-refractivity contribution in [3.63, 3.8) is 0 Å². The molecule has 0 spiro atoms. The largest absolute Gasteiger partial charge is 0.491 e. The van der Waals surface area contributed by atoms with Crippen LogP contribution in [0.1, 0.15) is 32.6 Å². The Hall–Kier alpha value is -0.960. The number of nitrogen functional groups attached to an aromatic ring is 1. The molecule has 0 bridgehead atoms. The number of rotatable bonds is 3. The van der Waals surface area contributed by atoms with Crippen LogP contribution in [0.2, 0.25) is 5.02 Å². The van der Waals surface area contributed by atoms with Crippen LogP contribution in [-0.2, 0) is 0 Å². The lowest BCUT2D eigenvalue weighted by atomic mass is 9.83. The fourth-order valence-electron chi connectivity index (χ4n) is 2.59. The van der Waals surface area contributed by atoms with Gasteiger partial charge in [0.2, 0.25) is 0 Å². The number of ether oxygens (including phenoxy) is 1. The first-order valence-corrected chi connectivity index (χ1v) is 6.81. The Kier molecular flexibility index (Phi) is 4.33. The first-order valence-electron chi connectivity index (χ1n) is 6.43. The zero-order valence-corrected chi connectivity index (χ0v) is 11.3. The summed E-state index contributed by atoms with van der Waals surface area (Å²) in [6.45, 7) is 2.87. The second-order valence-electron chi connectivity index (χ2n) is 5.25. The lowest BCUT2D eigenvalue weighted by Crippen LogP contribution is -2.20. The fourth-order valence-corrected chi connectivity index (χ4v) is 2.76. The maximum atomic E-state index is 13.3. The minimum Gasteiger partial charge on any atom is -0.491 e. The summed E-state index contributed by atoms with van der Waals surface area (Å²) in [5, 5.41) is 0.0335. The summed E-state index contributed by atoms with van der Waals surface area (Å²) in [4.78, 5) is 0. The maximum Gasteiger partial charge on any atom is 0.145 e. The van der Waals surface area contributed by atoms with Crippen LogP contribution in [0.15, 0.2) is 12.1 Å². The Morgan fingerprint density at radius 1 is 1.44 bits per heavy atom. The van der Waals surface area contributed by atoms with Gasteiger partial charge in [-0.25, -0.2) is 4.39 Å². The summed E-state index contributed by atoms with van der Waals surface area (Å²) in [6, 6.07) is 2.67. The van der Waals surface area contributed by atoms with Gasteiger partial charge in [-0.2, -0.15) is 0 Å². The van der Waals surface area contributed by atoms with Crippen molar-refractivity contribution in [2.24, 2.45) is 11.8 Å². The van der Waals surface area contributed by atoms with Crippen LogP contribution in [0.4, 0.5) is 10.1 Å². The lowest BCUT2D eigenvalue weighted by Gasteiger charge is -2.26. The van der Waals surface area contributed by atoms with E-state index in [0.29, 0.717) is 24.0 Å². The van der Waals surface area contributed by atoms with Crippen LogP contribution in [0.5, 0.6) is 5.75 Å². The van der Waals surface area contributed by atoms with Gasteiger partial charge in [0.05, 0.1) is 17.3 Å². The molecule has 2 N–H and O–H groups in total. The Balaban J connectivity index is 1.95. The standard InChI is InChI=1S/C14H19ClFNO/c1-9-3-2-4-10(5-9)8-18-14-7-12(16)11(15)6-13(14)17/h6-7,9-10H,2-5,8,17H2,1H3. The molecule has 1 fully saturated rings. The van der Waals surface area contributed by atoms with E-state index in [0.717, 1.165) is 5.92 Å². The molecular weight excluding hydrogens is 253 g/mol. The molecule has 0 aliphatic heterocycles. The highest BCUT2D eigenvalue weighted by molar-refractivity contribution is 6.31. The molecule has 2 rings (SSSR count). The maximum absolute atomic E-state index is 13.3. The first-order chi connectivity index (χ1) is 8.56. The normalized spacial score (nSPS) is 23.9. The second kappa shape index (κ2) is 5.79. The Labute approximate surface area is 112 Å². The van der Waals surface area contributed by atoms with Gasteiger partial charge in [-0.1, -0.05) is 31.4 Å². The number of halogens is 2. The minimum atomic E-state index is -0.488. The van der Waals surface area contributed by atoms with Gasteiger partial charge in [-0.05, 0) is 30.7 Å². The van der Waals surface area contributed by atoms with E-state index in [2.05, 4.69) is 6.92 Å². The number of anilines is 1. The van der Waals surface area contributed by atoms with Crippen LogP contribution >= 0.6 is 11.6 Å². The Morgan fingerprint density at radius 3 is 2.94 bits per heavy atom. The molecule has 1 aliphatic rings. The molecule has 0 aromatic heterocycles. The molecule has 0 radical (unpaired) electrons. The van der Waals surface area contributed by atoms with Crippen molar-refractivity contribution in [1.29, 1.82) is 0 Å². The number of benzene rings is 1. The van der Waals surface area contributed by atoms with Gasteiger partial charge < -0.3 is 10.5 Å². The molecule has 1 saturated carbocycles. The topological polar surface area (TPSA) is 35.2 Å². The van der Waals surface area contributed by atoms with Crippen molar-refractivity contribution in [1.82, 2.24) is 0 Å². The molecular formula is C14H19ClFNO. The van der Waals surface area contributed by atoms with E-state index in [1.165, 1.54) is 37.8 Å². The molecule has 1 aromatic carbocycles. The van der Waals surface area contributed by atoms with E-state index >= 15 is 0 Å². The van der Waals surface area contributed by atoms with E-state index in [9.17, 15) is 4.39 Å². The molecule has 0 heterocycles. The molecule has 0 amide bonds. The molecule has 2 atom stereocenters. The number of hydrogen-bond acceptors (Lipinski definition) is 2. The predicted molar refractivity (Wildman–Crippen MR) is 72.4 cm³/mol. The van der Waals surface area contributed by atoms with Gasteiger partial charge in [0.25, 0.3) is 0 Å². The molecule has 0 saturated heterocycles. The third-order valence-electron chi connectivity index (χ3n) is 3.57. The van der Waals surface area contributed by atoms with Crippen molar-refractivity contribution < 1.29 is 9.13 Å². The summed E-state index contributed by atoms with van der Waals surface area (Å²) in [5.74, 6) is 1.21. The second-order valence-corrected chi connectivity index (χ2v) is 5.66. The van der Waals surface area contributed by atoms with Crippen LogP contribution in [-0.4, -0.2) is 6.61 Å². The van der Waals surface area contributed by atoms with Gasteiger partial charge >= 0.3 is 0 Å². The quantitative estimate of drug-likeness (QED) is 0.834. The zero-order chi connectivity index (χ0) is 13.1. The van der Waals surface area contributed by atoms with Gasteiger partial charge in [0.15, 0.2) is 0 Å². The van der Waals surface area contributed by atoms with Gasteiger partial charge in [-0.15, -0.1) is 0 Å². The summed E-state index contributed by atoms with van der Waals surface area (Å²) in [5.41, 5.74) is 6.15. The summed E-state index contributed by atoms with van der Waals surface area (Å²) < 4.78 is 19.0. The van der Waals surface area contributed by atoms with Gasteiger partial charge in [0.1, 0.15) is 11.6 Å². The van der Waals surface area contributed by atoms with E-state index in [4.69, 9.17) is 22.1 Å². The molecule has 100 valence electrons. The van der Waals surface area contributed by atoms with Gasteiger partial charge in [0, 0.05) is 6.07 Å². The molecule has 2 nitrogen and oxygen atoms in total. The van der Waals surface area contributed by atoms with Crippen molar-refractivity contribution in [3.8, 4) is 5.75 Å². The molecule has 2 unspecified atom stereocenters. The fraction of sp³-hybridized carbons (Fsp3) is 0.571. The van der Waals surface area contributed by atoms with Crippen molar-refractivity contribution >= 4 is 17.3 Å². The Morgan fingerprint density at radius 2 is 2.22 bits per heavy atom. The average Bonchev–Trinajstić information content (AvgIpc) is 2.32. The first kappa shape index (κ1) is 13.5. The summed E-state index contributed by atoms with van der Waals surface area (Å²) >= 11 is 5.64. The average molecular weight is 272 g/mol. The Bertz CT molecular complexity index is 425. The lowest BCUT2D eigenvalue weighted by molar-refractivity contribution is 0.182. The third kappa shape index (κ3) is 3.29. The molecule has 1 aliphatic carbocycles. The van der Waals surface area contributed by atoms with E-state index in [-0.39, 0.29) is 5.02 Å². The van der Waals surface area contributed by atoms with Crippen molar-refractivity contribution in [2.75, 3.05) is 12.3 Å². The summed E-state index contributed by atoms with van der Waals surface area (Å²) in [7, 11) is 0. The highest BCUT2D eigenvalue weighted by Crippen LogP contribution is 2.32. The zero-order valence-electron chi connectivity index (χ0n) is 10.6. The predicted octanol–water partition coefficient (Wildman–Crippen LogP) is 4.27. The van der Waals surface area contributed by atoms with E-state index in [1.807, 2.05) is 0 Å². The van der Waals surface area contributed by atoms with Crippen LogP contribution < -0.4 is 10.5 Å². The van der Waals surface area contributed by atoms with Crippen LogP contribution in [0, 0.1) is 17.7 Å². The highest BCUT2D eigenvalue weighted by Gasteiger charge is 2.20. The molecule has 4 heteroatoms. The van der Waals surface area contributed by atoms with E-state index in [1.54, 1.807) is 0 Å². The van der Waals surface area contributed by atoms with E-state index < -0.39 is 5.82 Å². The smallest absolute Gasteiger partial charge is 0.145 e. The summed E-state index contributed by atoms with van der Waals surface area (Å²) in [6.07, 6.45) is 4.91. The van der Waals surface area contributed by atoms with Crippen molar-refractivity contribution in [2.45, 2.75) is 32.6 Å². The molecule has 18 heavy (non-hydrogen) atoms. The highest BCUT2D eigenvalue weighted by atomic mass is 35.5. The van der Waals surface area contributed by atoms with Crippen LogP contribution in [0.3, 0.4) is 0 Å². The van der Waals surface area contributed by atoms with Crippen molar-refractivity contribution in [3.05, 3.63) is 23.0 Å². The monoisotopic (exact) mass is 271 g/mol.